The van der Waals surface area contributed by atoms with E-state index in [0.717, 1.165) is 43.9 Å². The number of hydrogen-bond donors (Lipinski definition) is 0. The van der Waals surface area contributed by atoms with E-state index in [2.05, 4.69) is 42.2 Å². The Balaban J connectivity index is 1.33. The molecule has 0 aliphatic carbocycles. The third-order valence-corrected chi connectivity index (χ3v) is 5.88. The number of fused-ring (bicyclic) bond motifs is 1. The molecule has 2 aliphatic rings. The lowest BCUT2D eigenvalue weighted by atomic mass is 10.1. The van der Waals surface area contributed by atoms with Gasteiger partial charge < -0.3 is 4.90 Å². The third kappa shape index (κ3) is 3.15. The SMILES string of the molecule is N#Cc1cccc(-n2cc([C@@H]3CC[C@@H]4CN(c5nccnc5C#N)CCN43)nn2)c1. The van der Waals surface area contributed by atoms with Crippen LogP contribution < -0.4 is 4.90 Å². The topological polar surface area (TPSA) is 111 Å². The van der Waals surface area contributed by atoms with Crippen molar-refractivity contribution in [2.24, 2.45) is 0 Å². The monoisotopic (exact) mass is 397 g/mol. The van der Waals surface area contributed by atoms with Crippen molar-refractivity contribution < 1.29 is 0 Å². The van der Waals surface area contributed by atoms with E-state index in [9.17, 15) is 5.26 Å². The highest BCUT2D eigenvalue weighted by molar-refractivity contribution is 5.50. The summed E-state index contributed by atoms with van der Waals surface area (Å²) in [6.07, 6.45) is 7.23. The van der Waals surface area contributed by atoms with Gasteiger partial charge >= 0.3 is 0 Å². The molecule has 5 rings (SSSR count). The second kappa shape index (κ2) is 7.54. The van der Waals surface area contributed by atoms with Crippen LogP contribution in [0.2, 0.25) is 0 Å². The summed E-state index contributed by atoms with van der Waals surface area (Å²) >= 11 is 0. The zero-order valence-corrected chi connectivity index (χ0v) is 16.3. The Morgan fingerprint density at radius 2 is 1.93 bits per heavy atom. The first kappa shape index (κ1) is 18.2. The first-order valence-electron chi connectivity index (χ1n) is 9.91. The minimum absolute atomic E-state index is 0.224. The second-order valence-electron chi connectivity index (χ2n) is 7.52. The number of nitriles is 2. The molecule has 30 heavy (non-hydrogen) atoms. The normalized spacial score (nSPS) is 21.1. The van der Waals surface area contributed by atoms with Gasteiger partial charge in [-0.1, -0.05) is 11.3 Å². The molecule has 2 aromatic heterocycles. The molecule has 0 radical (unpaired) electrons. The molecule has 0 saturated carbocycles. The van der Waals surface area contributed by atoms with Gasteiger partial charge in [-0.25, -0.2) is 14.6 Å². The van der Waals surface area contributed by atoms with E-state index in [4.69, 9.17) is 5.26 Å². The quantitative estimate of drug-likeness (QED) is 0.658. The van der Waals surface area contributed by atoms with Crippen LogP contribution in [0.15, 0.2) is 42.9 Å². The van der Waals surface area contributed by atoms with E-state index in [1.54, 1.807) is 23.1 Å². The largest absolute Gasteiger partial charge is 0.351 e. The van der Waals surface area contributed by atoms with Crippen molar-refractivity contribution in [1.82, 2.24) is 29.9 Å². The lowest BCUT2D eigenvalue weighted by Gasteiger charge is -2.40. The molecule has 0 amide bonds. The van der Waals surface area contributed by atoms with Crippen molar-refractivity contribution in [1.29, 1.82) is 10.5 Å². The molecule has 0 N–H and O–H groups in total. The lowest BCUT2D eigenvalue weighted by Crippen LogP contribution is -2.51. The van der Waals surface area contributed by atoms with Gasteiger partial charge in [0.25, 0.3) is 0 Å². The summed E-state index contributed by atoms with van der Waals surface area (Å²) in [5, 5.41) is 27.2. The molecule has 0 unspecified atom stereocenters. The van der Waals surface area contributed by atoms with Gasteiger partial charge in [-0.3, -0.25) is 4.90 Å². The maximum absolute atomic E-state index is 9.33. The van der Waals surface area contributed by atoms with Gasteiger partial charge in [-0.2, -0.15) is 10.5 Å². The Bertz CT molecular complexity index is 1160. The first-order valence-corrected chi connectivity index (χ1v) is 9.91. The van der Waals surface area contributed by atoms with E-state index < -0.39 is 0 Å². The molecule has 148 valence electrons. The van der Waals surface area contributed by atoms with Crippen LogP contribution in [0.4, 0.5) is 5.82 Å². The van der Waals surface area contributed by atoms with Gasteiger partial charge in [0.1, 0.15) is 11.8 Å². The molecule has 0 bridgehead atoms. The van der Waals surface area contributed by atoms with Gasteiger partial charge in [0, 0.05) is 38.1 Å². The Hall–Kier alpha value is -3.82. The Morgan fingerprint density at radius 3 is 2.80 bits per heavy atom. The number of piperazine rings is 1. The highest BCUT2D eigenvalue weighted by Crippen LogP contribution is 2.38. The molecule has 0 spiro atoms. The molecule has 2 atom stereocenters. The van der Waals surface area contributed by atoms with Crippen LogP contribution in [0.5, 0.6) is 0 Å². The Kier molecular flexibility index (Phi) is 4.58. The van der Waals surface area contributed by atoms with Crippen LogP contribution in [0, 0.1) is 22.7 Å². The molecule has 4 heterocycles. The molecule has 2 saturated heterocycles. The van der Waals surface area contributed by atoms with Crippen molar-refractivity contribution in [3.05, 3.63) is 59.8 Å². The Labute approximate surface area is 173 Å². The number of aromatic nitrogens is 5. The summed E-state index contributed by atoms with van der Waals surface area (Å²) in [5.41, 5.74) is 2.76. The Morgan fingerprint density at radius 1 is 1.03 bits per heavy atom. The number of nitrogens with zero attached hydrogens (tertiary/aromatic N) is 9. The zero-order chi connectivity index (χ0) is 20.5. The van der Waals surface area contributed by atoms with E-state index in [1.807, 2.05) is 24.4 Å². The third-order valence-electron chi connectivity index (χ3n) is 5.88. The summed E-state index contributed by atoms with van der Waals surface area (Å²) in [6.45, 7) is 2.48. The van der Waals surface area contributed by atoms with Crippen molar-refractivity contribution in [2.45, 2.75) is 24.9 Å². The number of hydrogen-bond acceptors (Lipinski definition) is 8. The average molecular weight is 397 g/mol. The summed E-state index contributed by atoms with van der Waals surface area (Å²) in [4.78, 5) is 13.2. The highest BCUT2D eigenvalue weighted by atomic mass is 15.4. The summed E-state index contributed by atoms with van der Waals surface area (Å²) in [6, 6.07) is 12.3. The van der Waals surface area contributed by atoms with Crippen molar-refractivity contribution in [3.8, 4) is 17.8 Å². The van der Waals surface area contributed by atoms with Gasteiger partial charge in [0.2, 0.25) is 0 Å². The number of anilines is 1. The summed E-state index contributed by atoms with van der Waals surface area (Å²) in [5.74, 6) is 0.673. The van der Waals surface area contributed by atoms with Crippen LogP contribution in [-0.2, 0) is 0 Å². The first-order chi connectivity index (χ1) is 14.8. The molecule has 9 heteroatoms. The van der Waals surface area contributed by atoms with Crippen molar-refractivity contribution in [3.63, 3.8) is 0 Å². The van der Waals surface area contributed by atoms with Crippen molar-refractivity contribution in [2.75, 3.05) is 24.5 Å². The standard InChI is InChI=1S/C21H19N9/c22-11-15-2-1-3-16(10-15)30-14-19(26-27-30)20-5-4-17-13-28(8-9-29(17)20)21-18(12-23)24-6-7-25-21/h1-3,6-7,10,14,17,20H,4-5,8-9,13H2/t17-,20+/m1/s1. The van der Waals surface area contributed by atoms with Gasteiger partial charge in [-0.05, 0) is 31.0 Å². The highest BCUT2D eigenvalue weighted by Gasteiger charge is 2.40. The van der Waals surface area contributed by atoms with E-state index in [-0.39, 0.29) is 6.04 Å². The smallest absolute Gasteiger partial charge is 0.183 e. The lowest BCUT2D eigenvalue weighted by molar-refractivity contribution is 0.173. The molecule has 1 aromatic carbocycles. The van der Waals surface area contributed by atoms with Crippen LogP contribution in [0.25, 0.3) is 5.69 Å². The summed E-state index contributed by atoms with van der Waals surface area (Å²) in [7, 11) is 0. The molecule has 9 nitrogen and oxygen atoms in total. The molecular formula is C21H19N9. The molecule has 3 aromatic rings. The molecule has 2 fully saturated rings. The second-order valence-corrected chi connectivity index (χ2v) is 7.52. The zero-order valence-electron chi connectivity index (χ0n) is 16.3. The maximum atomic E-state index is 9.33. The number of benzene rings is 1. The van der Waals surface area contributed by atoms with Crippen LogP contribution in [0.1, 0.15) is 35.8 Å². The van der Waals surface area contributed by atoms with Crippen molar-refractivity contribution >= 4 is 5.82 Å². The predicted octanol–water partition coefficient (Wildman–Crippen LogP) is 1.83. The average Bonchev–Trinajstić information content (AvgIpc) is 3.45. The molecule has 2 aliphatic heterocycles. The van der Waals surface area contributed by atoms with Crippen LogP contribution >= 0.6 is 0 Å². The predicted molar refractivity (Wildman–Crippen MR) is 108 cm³/mol. The van der Waals surface area contributed by atoms with E-state index in [0.29, 0.717) is 23.1 Å². The minimum atomic E-state index is 0.224. The minimum Gasteiger partial charge on any atom is -0.351 e. The summed E-state index contributed by atoms with van der Waals surface area (Å²) < 4.78 is 1.73. The van der Waals surface area contributed by atoms with Gasteiger partial charge in [0.05, 0.1) is 29.6 Å². The van der Waals surface area contributed by atoms with E-state index >= 15 is 0 Å². The fourth-order valence-corrected chi connectivity index (χ4v) is 4.48. The van der Waals surface area contributed by atoms with Gasteiger partial charge in [-0.15, -0.1) is 5.10 Å². The number of rotatable bonds is 3. The van der Waals surface area contributed by atoms with Crippen LogP contribution in [0.3, 0.4) is 0 Å². The molecular weight excluding hydrogens is 378 g/mol. The fourth-order valence-electron chi connectivity index (χ4n) is 4.48. The van der Waals surface area contributed by atoms with Gasteiger partial charge in [0.15, 0.2) is 11.5 Å². The maximum Gasteiger partial charge on any atom is 0.183 e. The van der Waals surface area contributed by atoms with E-state index in [1.165, 1.54) is 0 Å². The van der Waals surface area contributed by atoms with Crippen LogP contribution in [-0.4, -0.2) is 55.5 Å². The fraction of sp³-hybridized carbons (Fsp3) is 0.333.